The Balaban J connectivity index is 2.13. The van der Waals surface area contributed by atoms with Gasteiger partial charge < -0.3 is 15.5 Å². The molecular weight excluding hydrogens is 353 g/mol. The second kappa shape index (κ2) is 8.05. The van der Waals surface area contributed by atoms with Crippen LogP contribution in [0.5, 0.6) is 5.75 Å². The summed E-state index contributed by atoms with van der Waals surface area (Å²) < 4.78 is 45.8. The Morgan fingerprint density at radius 1 is 1.04 bits per heavy atom. The van der Waals surface area contributed by atoms with Crippen molar-refractivity contribution < 1.29 is 17.9 Å². The molecule has 0 saturated carbocycles. The third-order valence-electron chi connectivity index (χ3n) is 4.58. The van der Waals surface area contributed by atoms with E-state index in [0.717, 1.165) is 41.5 Å². The molecule has 0 amide bonds. The van der Waals surface area contributed by atoms with Crippen molar-refractivity contribution in [3.05, 3.63) is 53.6 Å². The Labute approximate surface area is 156 Å². The van der Waals surface area contributed by atoms with Gasteiger partial charge in [0.2, 0.25) is 0 Å². The van der Waals surface area contributed by atoms with Gasteiger partial charge >= 0.3 is 6.18 Å². The van der Waals surface area contributed by atoms with Crippen molar-refractivity contribution in [3.8, 4) is 17.0 Å². The highest BCUT2D eigenvalue weighted by Gasteiger charge is 2.33. The smallest absolute Gasteiger partial charge is 0.418 e. The third kappa shape index (κ3) is 4.11. The average Bonchev–Trinajstić information content (AvgIpc) is 3.01. The van der Waals surface area contributed by atoms with Gasteiger partial charge in [-0.1, -0.05) is 12.1 Å². The predicted octanol–water partition coefficient (Wildman–Crippen LogP) is 5.53. The second-order valence-corrected chi connectivity index (χ2v) is 6.41. The molecule has 144 valence electrons. The van der Waals surface area contributed by atoms with Crippen LogP contribution < -0.4 is 10.5 Å². The molecule has 0 bridgehead atoms. The van der Waals surface area contributed by atoms with Crippen molar-refractivity contribution in [1.82, 2.24) is 4.98 Å². The maximum atomic E-state index is 13.5. The molecule has 27 heavy (non-hydrogen) atoms. The van der Waals surface area contributed by atoms with E-state index in [1.54, 1.807) is 6.07 Å². The minimum Gasteiger partial charge on any atom is -0.494 e. The second-order valence-electron chi connectivity index (χ2n) is 6.41. The maximum Gasteiger partial charge on any atom is 0.418 e. The van der Waals surface area contributed by atoms with Crippen LogP contribution in [0.15, 0.2) is 42.5 Å². The summed E-state index contributed by atoms with van der Waals surface area (Å²) in [6, 6.07) is 11.7. The number of nitrogens with two attached hydrogens (primary N) is 1. The van der Waals surface area contributed by atoms with Crippen molar-refractivity contribution in [3.63, 3.8) is 0 Å². The summed E-state index contributed by atoms with van der Waals surface area (Å²) >= 11 is 0. The summed E-state index contributed by atoms with van der Waals surface area (Å²) in [5.74, 6) is 0.734. The Morgan fingerprint density at radius 3 is 2.41 bits per heavy atom. The van der Waals surface area contributed by atoms with Gasteiger partial charge in [-0.25, -0.2) is 0 Å². The molecule has 0 spiro atoms. The van der Waals surface area contributed by atoms with Gasteiger partial charge in [-0.05, 0) is 74.2 Å². The van der Waals surface area contributed by atoms with E-state index in [0.29, 0.717) is 25.0 Å². The highest BCUT2D eigenvalue weighted by atomic mass is 19.4. The summed E-state index contributed by atoms with van der Waals surface area (Å²) in [7, 11) is 0. The molecule has 1 heterocycles. The van der Waals surface area contributed by atoms with Gasteiger partial charge in [-0.3, -0.25) is 0 Å². The third-order valence-corrected chi connectivity index (χ3v) is 4.58. The first kappa shape index (κ1) is 19.3. The quantitative estimate of drug-likeness (QED) is 0.533. The number of fused-ring (bicyclic) bond motifs is 1. The molecule has 0 unspecified atom stereocenters. The largest absolute Gasteiger partial charge is 0.494 e. The normalized spacial score (nSPS) is 11.9. The topological polar surface area (TPSA) is 51.0 Å². The number of aryl methyl sites for hydroxylation is 1. The lowest BCUT2D eigenvalue weighted by Gasteiger charge is -2.08. The predicted molar refractivity (Wildman–Crippen MR) is 102 cm³/mol. The molecule has 0 atom stereocenters. The molecule has 2 aromatic carbocycles. The Morgan fingerprint density at radius 2 is 1.78 bits per heavy atom. The summed E-state index contributed by atoms with van der Waals surface area (Å²) in [6.45, 7) is 3.03. The zero-order valence-corrected chi connectivity index (χ0v) is 15.2. The molecule has 3 nitrogen and oxygen atoms in total. The number of hydrogen-bond donors (Lipinski definition) is 2. The van der Waals surface area contributed by atoms with E-state index in [2.05, 4.69) is 4.98 Å². The number of rotatable bonds is 7. The van der Waals surface area contributed by atoms with Crippen molar-refractivity contribution in [2.75, 3.05) is 13.2 Å². The number of H-pyrrole nitrogens is 1. The first-order chi connectivity index (χ1) is 13.0. The summed E-state index contributed by atoms with van der Waals surface area (Å²) in [4.78, 5) is 3.04. The molecule has 0 aliphatic carbocycles. The Bertz CT molecular complexity index is 898. The van der Waals surface area contributed by atoms with Crippen molar-refractivity contribution in [1.29, 1.82) is 0 Å². The number of hydrogen-bond acceptors (Lipinski definition) is 2. The van der Waals surface area contributed by atoms with E-state index in [-0.39, 0.29) is 5.52 Å². The van der Waals surface area contributed by atoms with E-state index in [4.69, 9.17) is 10.5 Å². The van der Waals surface area contributed by atoms with Gasteiger partial charge in [0, 0.05) is 11.1 Å². The van der Waals surface area contributed by atoms with E-state index in [1.807, 2.05) is 31.2 Å². The van der Waals surface area contributed by atoms with Gasteiger partial charge in [0.05, 0.1) is 17.7 Å². The number of benzene rings is 2. The standard InChI is InChI=1S/C21H23F3N2O/c1-2-27-15-11-9-14(10-12-15)19-16(6-3-4-13-25)17-7-5-8-18(20(17)26-19)21(22,23)24/h5,7-12,26H,2-4,6,13,25H2,1H3. The molecule has 0 fully saturated rings. The molecule has 3 aromatic rings. The van der Waals surface area contributed by atoms with Crippen LogP contribution >= 0.6 is 0 Å². The molecule has 0 aliphatic heterocycles. The number of para-hydroxylation sites is 1. The number of nitrogens with one attached hydrogen (secondary N) is 1. The van der Waals surface area contributed by atoms with Crippen LogP contribution in [0.2, 0.25) is 0 Å². The molecule has 0 radical (unpaired) electrons. The molecular formula is C21H23F3N2O. The van der Waals surface area contributed by atoms with Crippen LogP contribution in [-0.2, 0) is 12.6 Å². The van der Waals surface area contributed by atoms with Gasteiger partial charge in [0.15, 0.2) is 0 Å². The number of alkyl halides is 3. The van der Waals surface area contributed by atoms with Crippen LogP contribution in [0.3, 0.4) is 0 Å². The first-order valence-corrected chi connectivity index (χ1v) is 9.09. The number of ether oxygens (including phenoxy) is 1. The molecule has 3 rings (SSSR count). The van der Waals surface area contributed by atoms with Crippen LogP contribution in [0.25, 0.3) is 22.2 Å². The fourth-order valence-corrected chi connectivity index (χ4v) is 3.35. The molecule has 6 heteroatoms. The summed E-state index contributed by atoms with van der Waals surface area (Å²) in [6.07, 6.45) is -2.09. The van der Waals surface area contributed by atoms with Crippen LogP contribution in [0.1, 0.15) is 30.9 Å². The minimum absolute atomic E-state index is 0.136. The average molecular weight is 376 g/mol. The van der Waals surface area contributed by atoms with Crippen LogP contribution in [0.4, 0.5) is 13.2 Å². The molecule has 0 aliphatic rings. The lowest BCUT2D eigenvalue weighted by Crippen LogP contribution is -2.05. The molecule has 0 saturated heterocycles. The van der Waals surface area contributed by atoms with Crippen LogP contribution in [0, 0.1) is 0 Å². The van der Waals surface area contributed by atoms with E-state index in [9.17, 15) is 13.2 Å². The summed E-state index contributed by atoms with van der Waals surface area (Å²) in [5.41, 5.74) is 7.54. The van der Waals surface area contributed by atoms with E-state index >= 15 is 0 Å². The monoisotopic (exact) mass is 376 g/mol. The maximum absolute atomic E-state index is 13.5. The summed E-state index contributed by atoms with van der Waals surface area (Å²) in [5, 5.41) is 0.616. The van der Waals surface area contributed by atoms with Gasteiger partial charge in [0.25, 0.3) is 0 Å². The number of aromatic amines is 1. The van der Waals surface area contributed by atoms with Gasteiger partial charge in [0.1, 0.15) is 5.75 Å². The van der Waals surface area contributed by atoms with Crippen molar-refractivity contribution in [2.45, 2.75) is 32.4 Å². The van der Waals surface area contributed by atoms with Crippen LogP contribution in [-0.4, -0.2) is 18.1 Å². The van der Waals surface area contributed by atoms with Gasteiger partial charge in [-0.15, -0.1) is 0 Å². The highest BCUT2D eigenvalue weighted by molar-refractivity contribution is 5.93. The number of unbranched alkanes of at least 4 members (excludes halogenated alkanes) is 1. The fraction of sp³-hybridized carbons (Fsp3) is 0.333. The van der Waals surface area contributed by atoms with Crippen molar-refractivity contribution >= 4 is 10.9 Å². The molecule has 3 N–H and O–H groups in total. The molecule has 1 aromatic heterocycles. The zero-order chi connectivity index (χ0) is 19.4. The first-order valence-electron chi connectivity index (χ1n) is 9.09. The Kier molecular flexibility index (Phi) is 5.75. The lowest BCUT2D eigenvalue weighted by atomic mass is 9.99. The van der Waals surface area contributed by atoms with Crippen molar-refractivity contribution in [2.24, 2.45) is 5.73 Å². The minimum atomic E-state index is -4.41. The zero-order valence-electron chi connectivity index (χ0n) is 15.2. The lowest BCUT2D eigenvalue weighted by molar-refractivity contribution is -0.136. The van der Waals surface area contributed by atoms with E-state index < -0.39 is 11.7 Å². The highest BCUT2D eigenvalue weighted by Crippen LogP contribution is 2.39. The Hall–Kier alpha value is -2.47. The van der Waals surface area contributed by atoms with E-state index in [1.165, 1.54) is 6.07 Å². The fourth-order valence-electron chi connectivity index (χ4n) is 3.35. The SMILES string of the molecule is CCOc1ccc(-c2[nH]c3c(C(F)(F)F)cccc3c2CCCCN)cc1. The van der Waals surface area contributed by atoms with Gasteiger partial charge in [-0.2, -0.15) is 13.2 Å². The number of halogens is 3. The number of aromatic nitrogens is 1.